The van der Waals surface area contributed by atoms with Crippen LogP contribution in [0.5, 0.6) is 0 Å². The SMILES string of the molecule is C=C.C=C(C)c1ccc(-c2ccccc2C(C)(c2ccccc2)c2cc3ccc4cccc5ccc(c2)c3c45)cc1. The molecule has 0 amide bonds. The molecule has 7 rings (SSSR count). The Hall–Kier alpha value is -4.94. The monoisotopic (exact) mass is 526 g/mol. The molecule has 0 heterocycles. The second-order valence-electron chi connectivity index (χ2n) is 10.9. The normalized spacial score (nSPS) is 12.6. The smallest absolute Gasteiger partial charge is 0.0429 e. The van der Waals surface area contributed by atoms with Crippen LogP contribution in [0, 0.1) is 0 Å². The van der Waals surface area contributed by atoms with E-state index in [1.165, 1.54) is 65.7 Å². The zero-order valence-electron chi connectivity index (χ0n) is 23.8. The first-order chi connectivity index (χ1) is 20.0. The van der Waals surface area contributed by atoms with E-state index in [0.29, 0.717) is 0 Å². The quantitative estimate of drug-likeness (QED) is 0.119. The molecule has 1 unspecified atom stereocenters. The van der Waals surface area contributed by atoms with Crippen LogP contribution in [0.15, 0.2) is 153 Å². The molecular formula is C41H34. The van der Waals surface area contributed by atoms with Gasteiger partial charge in [-0.25, -0.2) is 0 Å². The molecule has 0 bridgehead atoms. The molecule has 1 atom stereocenters. The minimum atomic E-state index is -0.366. The van der Waals surface area contributed by atoms with Gasteiger partial charge in [0.2, 0.25) is 0 Å². The van der Waals surface area contributed by atoms with Crippen molar-refractivity contribution < 1.29 is 0 Å². The van der Waals surface area contributed by atoms with Crippen LogP contribution in [-0.2, 0) is 5.41 Å². The summed E-state index contributed by atoms with van der Waals surface area (Å²) in [6.07, 6.45) is 0. The highest BCUT2D eigenvalue weighted by molar-refractivity contribution is 6.23. The van der Waals surface area contributed by atoms with Crippen LogP contribution in [0.25, 0.3) is 49.0 Å². The van der Waals surface area contributed by atoms with Gasteiger partial charge in [0.05, 0.1) is 0 Å². The fourth-order valence-corrected chi connectivity index (χ4v) is 6.40. The molecule has 0 radical (unpaired) electrons. The summed E-state index contributed by atoms with van der Waals surface area (Å²) in [4.78, 5) is 0. The van der Waals surface area contributed by atoms with E-state index in [1.54, 1.807) is 0 Å². The fourth-order valence-electron chi connectivity index (χ4n) is 6.40. The highest BCUT2D eigenvalue weighted by Gasteiger charge is 2.34. The van der Waals surface area contributed by atoms with Crippen molar-refractivity contribution in [3.63, 3.8) is 0 Å². The van der Waals surface area contributed by atoms with Gasteiger partial charge >= 0.3 is 0 Å². The van der Waals surface area contributed by atoms with Gasteiger partial charge in [0.1, 0.15) is 0 Å². The van der Waals surface area contributed by atoms with Gasteiger partial charge in [-0.3, -0.25) is 0 Å². The molecule has 0 heteroatoms. The van der Waals surface area contributed by atoms with Gasteiger partial charge in [0.15, 0.2) is 0 Å². The van der Waals surface area contributed by atoms with Gasteiger partial charge < -0.3 is 0 Å². The first-order valence-electron chi connectivity index (χ1n) is 14.1. The van der Waals surface area contributed by atoms with E-state index in [1.807, 2.05) is 0 Å². The molecular weight excluding hydrogens is 492 g/mol. The number of rotatable bonds is 5. The van der Waals surface area contributed by atoms with Crippen molar-refractivity contribution in [2.24, 2.45) is 0 Å². The topological polar surface area (TPSA) is 0 Å². The molecule has 0 saturated heterocycles. The van der Waals surface area contributed by atoms with Crippen LogP contribution < -0.4 is 0 Å². The predicted molar refractivity (Wildman–Crippen MR) is 180 cm³/mol. The third-order valence-corrected chi connectivity index (χ3v) is 8.55. The average Bonchev–Trinajstić information content (AvgIpc) is 3.04. The molecule has 0 aliphatic carbocycles. The summed E-state index contributed by atoms with van der Waals surface area (Å²) in [6, 6.07) is 49.2. The van der Waals surface area contributed by atoms with Crippen molar-refractivity contribution in [3.05, 3.63) is 175 Å². The lowest BCUT2D eigenvalue weighted by Crippen LogP contribution is -2.26. The molecule has 0 fully saturated rings. The Labute approximate surface area is 243 Å². The number of allylic oxidation sites excluding steroid dienone is 1. The van der Waals surface area contributed by atoms with E-state index < -0.39 is 0 Å². The summed E-state index contributed by atoms with van der Waals surface area (Å²) in [7, 11) is 0. The van der Waals surface area contributed by atoms with Crippen LogP contribution in [0.2, 0.25) is 0 Å². The van der Waals surface area contributed by atoms with E-state index >= 15 is 0 Å². The largest absolute Gasteiger partial charge is 0.106 e. The molecule has 0 N–H and O–H groups in total. The van der Waals surface area contributed by atoms with Crippen molar-refractivity contribution in [1.82, 2.24) is 0 Å². The predicted octanol–water partition coefficient (Wildman–Crippen LogP) is 11.4. The zero-order chi connectivity index (χ0) is 28.6. The molecule has 0 spiro atoms. The fraction of sp³-hybridized carbons (Fsp3) is 0.0732. The molecule has 198 valence electrons. The highest BCUT2D eigenvalue weighted by atomic mass is 14.4. The second-order valence-corrected chi connectivity index (χ2v) is 10.9. The van der Waals surface area contributed by atoms with E-state index in [2.05, 4.69) is 167 Å². The number of benzene rings is 7. The summed E-state index contributed by atoms with van der Waals surface area (Å²) in [5, 5.41) is 7.89. The van der Waals surface area contributed by atoms with Crippen LogP contribution in [0.1, 0.15) is 36.1 Å². The Kier molecular flexibility index (Phi) is 6.77. The van der Waals surface area contributed by atoms with Gasteiger partial charge in [0, 0.05) is 5.41 Å². The van der Waals surface area contributed by atoms with Gasteiger partial charge in [-0.15, -0.1) is 13.2 Å². The molecule has 0 aromatic heterocycles. The van der Waals surface area contributed by atoms with E-state index in [-0.39, 0.29) is 5.41 Å². The summed E-state index contributed by atoms with van der Waals surface area (Å²) in [5.74, 6) is 0. The lowest BCUT2D eigenvalue weighted by Gasteiger charge is -2.34. The average molecular weight is 527 g/mol. The Morgan fingerprint density at radius 3 is 1.68 bits per heavy atom. The highest BCUT2D eigenvalue weighted by Crippen LogP contribution is 2.46. The third-order valence-electron chi connectivity index (χ3n) is 8.55. The number of hydrogen-bond donors (Lipinski definition) is 0. The first kappa shape index (κ1) is 26.3. The standard InChI is InChI=1S/C39H30.C2H4/c1-26(2)27-16-18-28(19-17-27)35-14-7-8-15-36(35)39(3,33-12-5-4-6-13-33)34-24-31-22-20-29-10-9-11-30-21-23-32(25-34)38(31)37(29)30;1-2/h4-25H,1H2,2-3H3;1-2H2. The Bertz CT molecular complexity index is 1930. The van der Waals surface area contributed by atoms with Crippen LogP contribution in [0.4, 0.5) is 0 Å². The van der Waals surface area contributed by atoms with Crippen molar-refractivity contribution in [2.75, 3.05) is 0 Å². The van der Waals surface area contributed by atoms with Crippen molar-refractivity contribution >= 4 is 37.9 Å². The van der Waals surface area contributed by atoms with Crippen LogP contribution in [0.3, 0.4) is 0 Å². The molecule has 0 aliphatic heterocycles. The molecule has 7 aromatic rings. The lowest BCUT2D eigenvalue weighted by atomic mass is 9.68. The maximum Gasteiger partial charge on any atom is 0.0429 e. The maximum atomic E-state index is 4.12. The summed E-state index contributed by atoms with van der Waals surface area (Å²) in [5.41, 5.74) is 8.24. The number of hydrogen-bond acceptors (Lipinski definition) is 0. The van der Waals surface area contributed by atoms with Crippen molar-refractivity contribution in [2.45, 2.75) is 19.3 Å². The van der Waals surface area contributed by atoms with Gasteiger partial charge in [-0.1, -0.05) is 133 Å². The Morgan fingerprint density at radius 2 is 1.07 bits per heavy atom. The Morgan fingerprint density at radius 1 is 0.537 bits per heavy atom. The third kappa shape index (κ3) is 4.33. The summed E-state index contributed by atoms with van der Waals surface area (Å²) >= 11 is 0. The van der Waals surface area contributed by atoms with E-state index in [4.69, 9.17) is 0 Å². The van der Waals surface area contributed by atoms with E-state index in [9.17, 15) is 0 Å². The minimum Gasteiger partial charge on any atom is -0.106 e. The van der Waals surface area contributed by atoms with Crippen LogP contribution in [-0.4, -0.2) is 0 Å². The first-order valence-corrected chi connectivity index (χ1v) is 14.1. The molecule has 0 nitrogen and oxygen atoms in total. The lowest BCUT2D eigenvalue weighted by molar-refractivity contribution is 0.696. The summed E-state index contributed by atoms with van der Waals surface area (Å²) < 4.78 is 0. The van der Waals surface area contributed by atoms with Crippen molar-refractivity contribution in [3.8, 4) is 11.1 Å². The van der Waals surface area contributed by atoms with Crippen LogP contribution >= 0.6 is 0 Å². The maximum absolute atomic E-state index is 4.12. The second kappa shape index (κ2) is 10.6. The molecule has 7 aromatic carbocycles. The molecule has 0 saturated carbocycles. The molecule has 41 heavy (non-hydrogen) atoms. The Balaban J connectivity index is 0.00000148. The molecule has 0 aliphatic rings. The summed E-state index contributed by atoms with van der Waals surface area (Å²) in [6.45, 7) is 14.6. The van der Waals surface area contributed by atoms with Gasteiger partial charge in [0.25, 0.3) is 0 Å². The minimum absolute atomic E-state index is 0.366. The van der Waals surface area contributed by atoms with Crippen molar-refractivity contribution in [1.29, 1.82) is 0 Å². The van der Waals surface area contributed by atoms with Gasteiger partial charge in [-0.05, 0) is 91.7 Å². The van der Waals surface area contributed by atoms with E-state index in [0.717, 1.165) is 5.57 Å². The van der Waals surface area contributed by atoms with Gasteiger partial charge in [-0.2, -0.15) is 0 Å². The zero-order valence-corrected chi connectivity index (χ0v) is 23.8.